The van der Waals surface area contributed by atoms with Gasteiger partial charge in [0.25, 0.3) is 0 Å². The molecule has 1 aromatic heterocycles. The SMILES string of the molecule is CC(=O)CN1CCN(c2c(F)cc3c(=O)c(OC(=O)O)cn(-c4ccc(F)cc4)c3c2F)CC1. The van der Waals surface area contributed by atoms with Crippen molar-refractivity contribution in [2.75, 3.05) is 37.6 Å². The van der Waals surface area contributed by atoms with Crippen LogP contribution in [0.15, 0.2) is 41.3 Å². The van der Waals surface area contributed by atoms with Crippen molar-refractivity contribution in [3.8, 4) is 11.4 Å². The normalized spacial score (nSPS) is 14.4. The van der Waals surface area contributed by atoms with Crippen LogP contribution in [0.4, 0.5) is 23.7 Å². The average molecular weight is 475 g/mol. The van der Waals surface area contributed by atoms with Gasteiger partial charge in [-0.2, -0.15) is 0 Å². The molecular weight excluding hydrogens is 455 g/mol. The Morgan fingerprint density at radius 2 is 1.71 bits per heavy atom. The Bertz CT molecular complexity index is 1330. The molecule has 0 amide bonds. The van der Waals surface area contributed by atoms with Crippen molar-refractivity contribution < 1.29 is 32.6 Å². The summed E-state index contributed by atoms with van der Waals surface area (Å²) in [4.78, 5) is 38.6. The predicted molar refractivity (Wildman–Crippen MR) is 117 cm³/mol. The molecule has 2 heterocycles. The Morgan fingerprint density at radius 1 is 1.06 bits per heavy atom. The Kier molecular flexibility index (Phi) is 6.29. The number of carbonyl (C=O) groups excluding carboxylic acids is 1. The maximum absolute atomic E-state index is 15.9. The van der Waals surface area contributed by atoms with Crippen molar-refractivity contribution in [1.29, 1.82) is 0 Å². The Labute approximate surface area is 191 Å². The van der Waals surface area contributed by atoms with Gasteiger partial charge in [-0.05, 0) is 37.3 Å². The number of ketones is 1. The van der Waals surface area contributed by atoms with E-state index in [0.717, 1.165) is 29.0 Å². The predicted octanol–water partition coefficient (Wildman–Crippen LogP) is 3.18. The minimum Gasteiger partial charge on any atom is -0.449 e. The number of Topliss-reactive ketones (excluding diaryl/α,β-unsaturated/α-hetero) is 1. The fourth-order valence-corrected chi connectivity index (χ4v) is 4.09. The molecule has 11 heteroatoms. The van der Waals surface area contributed by atoms with E-state index in [4.69, 9.17) is 5.11 Å². The van der Waals surface area contributed by atoms with Crippen LogP contribution in [0.25, 0.3) is 16.6 Å². The number of hydrogen-bond donors (Lipinski definition) is 1. The van der Waals surface area contributed by atoms with Gasteiger partial charge in [-0.1, -0.05) is 0 Å². The van der Waals surface area contributed by atoms with Crippen molar-refractivity contribution in [1.82, 2.24) is 9.47 Å². The number of nitrogens with zero attached hydrogens (tertiary/aromatic N) is 3. The summed E-state index contributed by atoms with van der Waals surface area (Å²) in [6.07, 6.45) is -0.801. The molecule has 1 aliphatic rings. The summed E-state index contributed by atoms with van der Waals surface area (Å²) in [6, 6.07) is 5.65. The molecule has 1 fully saturated rings. The highest BCUT2D eigenvalue weighted by atomic mass is 19.1. The molecule has 3 aromatic rings. The number of pyridine rings is 1. The zero-order chi connectivity index (χ0) is 24.6. The smallest absolute Gasteiger partial charge is 0.449 e. The lowest BCUT2D eigenvalue weighted by molar-refractivity contribution is -0.118. The lowest BCUT2D eigenvalue weighted by atomic mass is 10.1. The molecule has 178 valence electrons. The fraction of sp³-hybridized carbons (Fsp3) is 0.261. The van der Waals surface area contributed by atoms with Crippen molar-refractivity contribution in [3.63, 3.8) is 0 Å². The van der Waals surface area contributed by atoms with Crippen molar-refractivity contribution in [2.45, 2.75) is 6.92 Å². The molecule has 0 unspecified atom stereocenters. The molecule has 34 heavy (non-hydrogen) atoms. The lowest BCUT2D eigenvalue weighted by Crippen LogP contribution is -2.48. The Hall–Kier alpha value is -3.86. The van der Waals surface area contributed by atoms with E-state index in [2.05, 4.69) is 4.74 Å². The summed E-state index contributed by atoms with van der Waals surface area (Å²) in [6.45, 7) is 3.01. The van der Waals surface area contributed by atoms with Gasteiger partial charge < -0.3 is 19.3 Å². The molecule has 0 aliphatic carbocycles. The summed E-state index contributed by atoms with van der Waals surface area (Å²) >= 11 is 0. The number of anilines is 1. The first-order valence-electron chi connectivity index (χ1n) is 10.4. The minimum absolute atomic E-state index is 0.0146. The number of carbonyl (C=O) groups is 2. The molecule has 0 saturated carbocycles. The lowest BCUT2D eigenvalue weighted by Gasteiger charge is -2.36. The van der Waals surface area contributed by atoms with E-state index in [1.807, 2.05) is 4.90 Å². The summed E-state index contributed by atoms with van der Waals surface area (Å²) < 4.78 is 50.1. The van der Waals surface area contributed by atoms with Crippen LogP contribution in [0.2, 0.25) is 0 Å². The molecule has 1 aliphatic heterocycles. The monoisotopic (exact) mass is 475 g/mol. The number of hydrogen-bond acceptors (Lipinski definition) is 6. The number of benzene rings is 2. The topological polar surface area (TPSA) is 92.1 Å². The van der Waals surface area contributed by atoms with E-state index in [1.165, 1.54) is 24.0 Å². The maximum Gasteiger partial charge on any atom is 0.511 e. The average Bonchev–Trinajstić information content (AvgIpc) is 2.77. The molecule has 4 rings (SSSR count). The molecule has 0 spiro atoms. The third kappa shape index (κ3) is 4.46. The highest BCUT2D eigenvalue weighted by Crippen LogP contribution is 2.33. The van der Waals surface area contributed by atoms with Gasteiger partial charge in [0, 0.05) is 31.9 Å². The number of aromatic nitrogens is 1. The van der Waals surface area contributed by atoms with Gasteiger partial charge in [-0.25, -0.2) is 18.0 Å². The second-order valence-corrected chi connectivity index (χ2v) is 7.92. The molecular formula is C23H20F3N3O5. The van der Waals surface area contributed by atoms with Gasteiger partial charge in [0.2, 0.25) is 5.43 Å². The quantitative estimate of drug-likeness (QED) is 0.567. The third-order valence-corrected chi connectivity index (χ3v) is 5.56. The minimum atomic E-state index is -1.77. The second-order valence-electron chi connectivity index (χ2n) is 7.92. The first-order valence-corrected chi connectivity index (χ1v) is 10.4. The van der Waals surface area contributed by atoms with Crippen LogP contribution in [0.5, 0.6) is 5.75 Å². The van der Waals surface area contributed by atoms with Gasteiger partial charge in [0.05, 0.1) is 23.6 Å². The molecule has 1 N–H and O–H groups in total. The largest absolute Gasteiger partial charge is 0.511 e. The van der Waals surface area contributed by atoms with Crippen LogP contribution in [0.3, 0.4) is 0 Å². The molecule has 2 aromatic carbocycles. The number of piperazine rings is 1. The maximum atomic E-state index is 15.9. The van der Waals surface area contributed by atoms with Gasteiger partial charge in [0.15, 0.2) is 11.6 Å². The molecule has 1 saturated heterocycles. The van der Waals surface area contributed by atoms with Crippen molar-refractivity contribution in [3.05, 3.63) is 64.2 Å². The summed E-state index contributed by atoms with van der Waals surface area (Å²) in [7, 11) is 0. The van der Waals surface area contributed by atoms with Gasteiger partial charge in [-0.3, -0.25) is 14.5 Å². The number of fused-ring (bicyclic) bond motifs is 1. The first-order chi connectivity index (χ1) is 16.2. The zero-order valence-electron chi connectivity index (χ0n) is 18.1. The summed E-state index contributed by atoms with van der Waals surface area (Å²) in [5, 5.41) is 8.53. The van der Waals surface area contributed by atoms with E-state index in [-0.39, 0.29) is 42.3 Å². The van der Waals surface area contributed by atoms with Crippen LogP contribution in [0, 0.1) is 17.5 Å². The molecule has 8 nitrogen and oxygen atoms in total. The van der Waals surface area contributed by atoms with E-state index in [0.29, 0.717) is 13.1 Å². The van der Waals surface area contributed by atoms with Gasteiger partial charge in [-0.15, -0.1) is 0 Å². The fourth-order valence-electron chi connectivity index (χ4n) is 4.09. The van der Waals surface area contributed by atoms with E-state index in [9.17, 15) is 18.8 Å². The Balaban J connectivity index is 1.88. The number of halogens is 3. The molecule has 0 radical (unpaired) electrons. The third-order valence-electron chi connectivity index (χ3n) is 5.56. The van der Waals surface area contributed by atoms with Gasteiger partial charge >= 0.3 is 6.16 Å². The number of ether oxygens (including phenoxy) is 1. The molecule has 0 atom stereocenters. The van der Waals surface area contributed by atoms with Crippen LogP contribution in [-0.4, -0.2) is 59.2 Å². The highest BCUT2D eigenvalue weighted by molar-refractivity contribution is 5.87. The summed E-state index contributed by atoms with van der Waals surface area (Å²) in [5.41, 5.74) is -1.47. The Morgan fingerprint density at radius 3 is 2.29 bits per heavy atom. The first kappa shape index (κ1) is 23.3. The van der Waals surface area contributed by atoms with Crippen LogP contribution < -0.4 is 15.1 Å². The highest BCUT2D eigenvalue weighted by Gasteiger charge is 2.27. The summed E-state index contributed by atoms with van der Waals surface area (Å²) in [5.74, 6) is -3.27. The van der Waals surface area contributed by atoms with Crippen molar-refractivity contribution >= 4 is 28.5 Å². The van der Waals surface area contributed by atoms with Crippen LogP contribution in [0.1, 0.15) is 6.92 Å². The van der Waals surface area contributed by atoms with Gasteiger partial charge in [0.1, 0.15) is 23.1 Å². The second kappa shape index (κ2) is 9.18. The van der Waals surface area contributed by atoms with E-state index < -0.39 is 40.2 Å². The van der Waals surface area contributed by atoms with E-state index in [1.54, 1.807) is 0 Å². The standard InChI is InChI=1S/C23H20F3N3O5/c1-13(30)11-27-6-8-28(9-7-27)21-17(25)10-16-20(19(21)26)29(15-4-2-14(24)3-5-15)12-18(22(16)31)34-23(32)33/h2-5,10,12H,6-9,11H2,1H3,(H,32,33). The number of rotatable bonds is 5. The van der Waals surface area contributed by atoms with Crippen LogP contribution >= 0.6 is 0 Å². The number of carboxylic acid groups (broad SMARTS) is 1. The zero-order valence-corrected chi connectivity index (χ0v) is 18.1. The van der Waals surface area contributed by atoms with E-state index >= 15 is 8.78 Å². The van der Waals surface area contributed by atoms with Crippen molar-refractivity contribution in [2.24, 2.45) is 0 Å². The molecule has 0 bridgehead atoms. The van der Waals surface area contributed by atoms with Crippen LogP contribution in [-0.2, 0) is 4.79 Å².